The Hall–Kier alpha value is -1.83. The number of aromatic nitrogens is 3. The van der Waals surface area contributed by atoms with Gasteiger partial charge < -0.3 is 0 Å². The van der Waals surface area contributed by atoms with Gasteiger partial charge in [-0.05, 0) is 82.6 Å². The van der Waals surface area contributed by atoms with Crippen molar-refractivity contribution in [1.82, 2.24) is 15.4 Å². The van der Waals surface area contributed by atoms with Crippen LogP contribution in [-0.4, -0.2) is 32.2 Å². The molecule has 27 heavy (non-hydrogen) atoms. The summed E-state index contributed by atoms with van der Waals surface area (Å²) in [6.45, 7) is 15.7. The molecule has 0 amide bonds. The van der Waals surface area contributed by atoms with Crippen molar-refractivity contribution in [1.29, 1.82) is 0 Å². The topological polar surface area (TPSA) is 122 Å². The quantitative estimate of drug-likeness (QED) is 0.452. The Kier molecular flexibility index (Phi) is 8.07. The largest absolute Gasteiger partial charge is 0.332 e. The first kappa shape index (κ1) is 23.2. The zero-order valence-electron chi connectivity index (χ0n) is 17.0. The van der Waals surface area contributed by atoms with Gasteiger partial charge in [-0.25, -0.2) is 0 Å². The van der Waals surface area contributed by atoms with E-state index in [1.54, 1.807) is 62.3 Å². The second-order valence-electron chi connectivity index (χ2n) is 8.27. The predicted molar refractivity (Wildman–Crippen MR) is 87.5 cm³/mol. The molecule has 0 radical (unpaired) electrons. The van der Waals surface area contributed by atoms with Crippen LogP contribution in [0.3, 0.4) is 0 Å². The Labute approximate surface area is 157 Å². The van der Waals surface area contributed by atoms with E-state index in [1.165, 1.54) is 0 Å². The minimum absolute atomic E-state index is 0.302. The molecule has 0 saturated heterocycles. The lowest BCUT2D eigenvalue weighted by Crippen LogP contribution is -2.23. The number of hydrogen-bond donors (Lipinski definition) is 0. The highest BCUT2D eigenvalue weighted by Crippen LogP contribution is 2.34. The third-order valence-electron chi connectivity index (χ3n) is 1.85. The Bertz CT molecular complexity index is 541. The average molecular weight is 393 g/mol. The molecular formula is C15H27N3O9. The molecule has 0 N–H and O–H groups in total. The van der Waals surface area contributed by atoms with Gasteiger partial charge in [0.1, 0.15) is 0 Å². The van der Waals surface area contributed by atoms with Crippen molar-refractivity contribution in [3.8, 4) is 17.5 Å². The van der Waals surface area contributed by atoms with Crippen LogP contribution in [-0.2, 0) is 29.8 Å². The van der Waals surface area contributed by atoms with E-state index in [-0.39, 0.29) is 17.5 Å². The molecule has 12 heteroatoms. The monoisotopic (exact) mass is 393 g/mol. The highest BCUT2D eigenvalue weighted by Gasteiger charge is 2.25. The summed E-state index contributed by atoms with van der Waals surface area (Å²) >= 11 is 0. The van der Waals surface area contributed by atoms with E-state index < -0.39 is 16.8 Å². The van der Waals surface area contributed by atoms with E-state index in [1.807, 2.05) is 0 Å². The van der Waals surface area contributed by atoms with Gasteiger partial charge in [0.05, 0.1) is 16.8 Å². The maximum absolute atomic E-state index is 5.01. The van der Waals surface area contributed by atoms with Crippen LogP contribution in [0, 0.1) is 0 Å². The summed E-state index contributed by atoms with van der Waals surface area (Å²) in [5.74, 6) is -0.966. The third kappa shape index (κ3) is 10.8. The van der Waals surface area contributed by atoms with Gasteiger partial charge in [0.2, 0.25) is 0 Å². The number of nitrogens with zero attached hydrogens (tertiary/aromatic N) is 3. The summed E-state index contributed by atoms with van der Waals surface area (Å²) < 4.78 is 0. The van der Waals surface area contributed by atoms with Crippen LogP contribution >= 0.6 is 0 Å². The van der Waals surface area contributed by atoms with E-state index >= 15 is 0 Å². The standard InChI is InChI=1S/C15H27N3O9/c1-13(2,3)22-25-19-10-11(20-26-23-14(4,5)6)16-18-17-12(10)21-27-24-15(7,8)9/h1-9H3. The van der Waals surface area contributed by atoms with Crippen molar-refractivity contribution >= 4 is 0 Å². The molecule has 12 nitrogen and oxygen atoms in total. The van der Waals surface area contributed by atoms with Crippen molar-refractivity contribution in [2.75, 3.05) is 0 Å². The number of hydrogen-bond acceptors (Lipinski definition) is 12. The molecule has 1 heterocycles. The van der Waals surface area contributed by atoms with Gasteiger partial charge in [0.25, 0.3) is 0 Å². The first-order chi connectivity index (χ1) is 12.3. The van der Waals surface area contributed by atoms with Crippen molar-refractivity contribution in [3.63, 3.8) is 0 Å². The van der Waals surface area contributed by atoms with Crippen LogP contribution in [0.1, 0.15) is 62.3 Å². The van der Waals surface area contributed by atoms with Gasteiger partial charge in [-0.3, -0.25) is 14.7 Å². The SMILES string of the molecule is CC(C)(C)OOOc1nnnc(OOOC(C)(C)C)c1OOOC(C)(C)C. The van der Waals surface area contributed by atoms with Crippen LogP contribution in [0.15, 0.2) is 0 Å². The average Bonchev–Trinajstić information content (AvgIpc) is 2.45. The fourth-order valence-electron chi connectivity index (χ4n) is 0.922. The van der Waals surface area contributed by atoms with Crippen molar-refractivity contribution in [3.05, 3.63) is 0 Å². The fraction of sp³-hybridized carbons (Fsp3) is 0.800. The lowest BCUT2D eigenvalue weighted by atomic mass is 10.2. The van der Waals surface area contributed by atoms with Gasteiger partial charge in [-0.1, -0.05) is 10.2 Å². The summed E-state index contributed by atoms with van der Waals surface area (Å²) in [6, 6.07) is 0. The lowest BCUT2D eigenvalue weighted by Gasteiger charge is -2.18. The molecule has 0 fully saturated rings. The van der Waals surface area contributed by atoms with E-state index in [2.05, 4.69) is 25.5 Å². The van der Waals surface area contributed by atoms with Crippen molar-refractivity contribution < 1.29 is 44.4 Å². The Morgan fingerprint density at radius 2 is 0.852 bits per heavy atom. The van der Waals surface area contributed by atoms with Crippen molar-refractivity contribution in [2.45, 2.75) is 79.1 Å². The van der Waals surface area contributed by atoms with Crippen LogP contribution in [0.25, 0.3) is 0 Å². The minimum atomic E-state index is -0.659. The van der Waals surface area contributed by atoms with Gasteiger partial charge in [0.15, 0.2) is 0 Å². The van der Waals surface area contributed by atoms with Crippen LogP contribution in [0.2, 0.25) is 0 Å². The van der Waals surface area contributed by atoms with Gasteiger partial charge in [0, 0.05) is 0 Å². The van der Waals surface area contributed by atoms with Crippen LogP contribution in [0.4, 0.5) is 0 Å². The minimum Gasteiger partial charge on any atom is -0.296 e. The molecule has 0 spiro atoms. The summed E-state index contributed by atoms with van der Waals surface area (Å²) in [6.07, 6.45) is 0. The summed E-state index contributed by atoms with van der Waals surface area (Å²) in [5, 5.41) is 24.6. The van der Waals surface area contributed by atoms with Crippen LogP contribution < -0.4 is 14.7 Å². The normalized spacial score (nSPS) is 12.8. The third-order valence-corrected chi connectivity index (χ3v) is 1.85. The highest BCUT2D eigenvalue weighted by molar-refractivity contribution is 5.39. The zero-order chi connectivity index (χ0) is 20.7. The predicted octanol–water partition coefficient (Wildman–Crippen LogP) is 2.99. The molecule has 0 aliphatic carbocycles. The smallest absolute Gasteiger partial charge is 0.296 e. The maximum atomic E-state index is 5.01. The molecule has 0 aliphatic rings. The lowest BCUT2D eigenvalue weighted by molar-refractivity contribution is -0.512. The zero-order valence-corrected chi connectivity index (χ0v) is 17.0. The van der Waals surface area contributed by atoms with E-state index in [0.717, 1.165) is 0 Å². The highest BCUT2D eigenvalue weighted by atomic mass is 17.5. The Balaban J connectivity index is 2.87. The molecule has 1 aromatic heterocycles. The van der Waals surface area contributed by atoms with Crippen LogP contribution in [0.5, 0.6) is 17.5 Å². The Morgan fingerprint density at radius 1 is 0.519 bits per heavy atom. The van der Waals surface area contributed by atoms with E-state index in [4.69, 9.17) is 34.4 Å². The molecule has 0 saturated carbocycles. The fourth-order valence-corrected chi connectivity index (χ4v) is 0.922. The molecule has 1 rings (SSSR count). The molecule has 0 unspecified atom stereocenters. The molecule has 0 aliphatic heterocycles. The van der Waals surface area contributed by atoms with E-state index in [9.17, 15) is 0 Å². The first-order valence-electron chi connectivity index (χ1n) is 8.07. The van der Waals surface area contributed by atoms with Gasteiger partial charge in [-0.2, -0.15) is 14.7 Å². The van der Waals surface area contributed by atoms with E-state index in [0.29, 0.717) is 0 Å². The number of rotatable bonds is 9. The summed E-state index contributed by atoms with van der Waals surface area (Å²) in [7, 11) is 0. The summed E-state index contributed by atoms with van der Waals surface area (Å²) in [4.78, 5) is 29.8. The maximum Gasteiger partial charge on any atom is 0.332 e. The molecule has 0 aromatic carbocycles. The molecule has 1 aromatic rings. The van der Waals surface area contributed by atoms with Gasteiger partial charge >= 0.3 is 17.5 Å². The second kappa shape index (κ2) is 9.39. The molecule has 156 valence electrons. The molecule has 0 bridgehead atoms. The first-order valence-corrected chi connectivity index (χ1v) is 8.07. The van der Waals surface area contributed by atoms with Gasteiger partial charge in [-0.15, -0.1) is 0 Å². The van der Waals surface area contributed by atoms with Crippen molar-refractivity contribution in [2.24, 2.45) is 0 Å². The second-order valence-corrected chi connectivity index (χ2v) is 8.27. The molecule has 0 atom stereocenters. The summed E-state index contributed by atoms with van der Waals surface area (Å²) in [5.41, 5.74) is -1.94. The Morgan fingerprint density at radius 3 is 1.19 bits per heavy atom. The molecular weight excluding hydrogens is 366 g/mol.